The first-order valence-electron chi connectivity index (χ1n) is 8.86. The first-order valence-corrected chi connectivity index (χ1v) is 10.1. The number of likely N-dealkylation sites (tertiary alicyclic amines) is 1. The van der Waals surface area contributed by atoms with Crippen molar-refractivity contribution in [3.8, 4) is 5.75 Å². The van der Waals surface area contributed by atoms with Gasteiger partial charge < -0.3 is 15.4 Å². The van der Waals surface area contributed by atoms with E-state index in [9.17, 15) is 4.79 Å². The number of hydrogen-bond acceptors (Lipinski definition) is 5. The van der Waals surface area contributed by atoms with E-state index in [1.54, 1.807) is 12.1 Å². The van der Waals surface area contributed by atoms with Gasteiger partial charge in [-0.25, -0.2) is 4.98 Å². The highest BCUT2D eigenvalue weighted by molar-refractivity contribution is 7.09. The van der Waals surface area contributed by atoms with Crippen molar-refractivity contribution in [1.29, 1.82) is 0 Å². The molecule has 1 saturated heterocycles. The number of carbonyl (C=O) groups is 1. The Balaban J connectivity index is 0.00000196. The minimum atomic E-state index is 0. The van der Waals surface area contributed by atoms with Gasteiger partial charge in [0.05, 0.1) is 12.1 Å². The number of piperidine rings is 1. The molecule has 0 spiro atoms. The zero-order valence-corrected chi connectivity index (χ0v) is 18.9. The molecule has 2 heterocycles. The summed E-state index contributed by atoms with van der Waals surface area (Å²) in [6, 6.07) is 7.35. The fraction of sp³-hybridized carbons (Fsp3) is 0.474. The summed E-state index contributed by atoms with van der Waals surface area (Å²) >= 11 is 7.38. The minimum absolute atomic E-state index is 0. The zero-order chi connectivity index (χ0) is 18.5. The van der Waals surface area contributed by atoms with E-state index in [0.717, 1.165) is 42.4 Å². The number of hydrogen-bond donors (Lipinski definition) is 1. The molecule has 2 N–H and O–H groups in total. The van der Waals surface area contributed by atoms with Gasteiger partial charge in [-0.05, 0) is 49.9 Å². The van der Waals surface area contributed by atoms with Crippen LogP contribution in [0.2, 0.25) is 5.02 Å². The summed E-state index contributed by atoms with van der Waals surface area (Å²) in [4.78, 5) is 19.0. The lowest BCUT2D eigenvalue weighted by atomic mass is 9.92. The summed E-state index contributed by atoms with van der Waals surface area (Å²) in [5.41, 5.74) is 6.81. The van der Waals surface area contributed by atoms with Crippen LogP contribution in [0.25, 0.3) is 0 Å². The van der Waals surface area contributed by atoms with E-state index in [4.69, 9.17) is 22.1 Å². The highest BCUT2D eigenvalue weighted by atomic mass is 35.5. The third-order valence-electron chi connectivity index (χ3n) is 4.66. The number of nitrogens with zero attached hydrogens (tertiary/aromatic N) is 2. The molecule has 5 nitrogen and oxygen atoms in total. The smallest absolute Gasteiger partial charge is 0.228 e. The molecule has 1 aliphatic heterocycles. The van der Waals surface area contributed by atoms with Crippen LogP contribution in [0.15, 0.2) is 29.6 Å². The monoisotopic (exact) mass is 465 g/mol. The normalized spacial score (nSPS) is 17.2. The Morgan fingerprint density at radius 2 is 2.11 bits per heavy atom. The van der Waals surface area contributed by atoms with Gasteiger partial charge in [0.1, 0.15) is 17.4 Å². The minimum Gasteiger partial charge on any atom is -0.486 e. The van der Waals surface area contributed by atoms with E-state index < -0.39 is 0 Å². The molecule has 2 aromatic rings. The number of aromatic nitrogens is 1. The summed E-state index contributed by atoms with van der Waals surface area (Å²) < 4.78 is 5.70. The SMILES string of the molecule is CC(N)C1CCCN(C(=O)Cc2csc(COc3ccc(Cl)cc3)n2)C1.Cl.Cl. The van der Waals surface area contributed by atoms with Gasteiger partial charge in [0, 0.05) is 29.5 Å². The molecule has 1 aliphatic rings. The molecule has 2 atom stereocenters. The summed E-state index contributed by atoms with van der Waals surface area (Å²) in [6.45, 7) is 3.98. The number of carbonyl (C=O) groups excluding carboxylic acids is 1. The predicted octanol–water partition coefficient (Wildman–Crippen LogP) is 4.35. The second-order valence-corrected chi connectivity index (χ2v) is 8.13. The molecule has 9 heteroatoms. The number of ether oxygens (including phenoxy) is 1. The van der Waals surface area contributed by atoms with Crippen molar-refractivity contribution in [2.45, 2.75) is 38.8 Å². The number of halogens is 3. The van der Waals surface area contributed by atoms with Crippen molar-refractivity contribution in [2.24, 2.45) is 11.7 Å². The summed E-state index contributed by atoms with van der Waals surface area (Å²) in [6.07, 6.45) is 2.46. The van der Waals surface area contributed by atoms with Gasteiger partial charge in [-0.2, -0.15) is 0 Å². The van der Waals surface area contributed by atoms with Gasteiger partial charge in [-0.15, -0.1) is 36.2 Å². The Hall–Kier alpha value is -1.05. The van der Waals surface area contributed by atoms with Crippen LogP contribution < -0.4 is 10.5 Å². The van der Waals surface area contributed by atoms with Crippen LogP contribution >= 0.6 is 47.8 Å². The van der Waals surface area contributed by atoms with E-state index in [1.807, 2.05) is 29.3 Å². The highest BCUT2D eigenvalue weighted by Gasteiger charge is 2.26. The van der Waals surface area contributed by atoms with Gasteiger partial charge in [0.15, 0.2) is 0 Å². The zero-order valence-electron chi connectivity index (χ0n) is 15.7. The molecule has 28 heavy (non-hydrogen) atoms. The molecule has 1 aromatic carbocycles. The lowest BCUT2D eigenvalue weighted by Crippen LogP contribution is -2.45. The van der Waals surface area contributed by atoms with E-state index in [2.05, 4.69) is 4.98 Å². The quantitative estimate of drug-likeness (QED) is 0.687. The van der Waals surface area contributed by atoms with Crippen molar-refractivity contribution in [3.05, 3.63) is 45.4 Å². The number of benzene rings is 1. The Morgan fingerprint density at radius 1 is 1.39 bits per heavy atom. The predicted molar refractivity (Wildman–Crippen MR) is 119 cm³/mol. The van der Waals surface area contributed by atoms with E-state index in [0.29, 0.717) is 24.0 Å². The lowest BCUT2D eigenvalue weighted by Gasteiger charge is -2.34. The second kappa shape index (κ2) is 11.8. The summed E-state index contributed by atoms with van der Waals surface area (Å²) in [5, 5.41) is 3.47. The van der Waals surface area contributed by atoms with Crippen LogP contribution in [0.3, 0.4) is 0 Å². The molecule has 0 saturated carbocycles. The molecular weight excluding hydrogens is 441 g/mol. The molecular formula is C19H26Cl3N3O2S. The van der Waals surface area contributed by atoms with Gasteiger partial charge in [0.25, 0.3) is 0 Å². The maximum atomic E-state index is 12.6. The molecule has 0 bridgehead atoms. The van der Waals surface area contributed by atoms with Crippen molar-refractivity contribution in [3.63, 3.8) is 0 Å². The Labute approximate surface area is 187 Å². The fourth-order valence-corrected chi connectivity index (χ4v) is 3.94. The molecule has 3 rings (SSSR count). The van der Waals surface area contributed by atoms with Crippen LogP contribution in [0, 0.1) is 5.92 Å². The highest BCUT2D eigenvalue weighted by Crippen LogP contribution is 2.21. The Morgan fingerprint density at radius 3 is 2.79 bits per heavy atom. The maximum absolute atomic E-state index is 12.6. The largest absolute Gasteiger partial charge is 0.486 e. The molecule has 1 amide bonds. The van der Waals surface area contributed by atoms with Crippen LogP contribution in [0.5, 0.6) is 5.75 Å². The standard InChI is InChI=1S/C19H24ClN3O2S.2ClH/c1-13(21)14-3-2-8-23(10-14)19(24)9-16-12-26-18(22-16)11-25-17-6-4-15(20)5-7-17;;/h4-7,12-14H,2-3,8-11,21H2,1H3;2*1H. The van der Waals surface area contributed by atoms with E-state index >= 15 is 0 Å². The van der Waals surface area contributed by atoms with Crippen molar-refractivity contribution < 1.29 is 9.53 Å². The van der Waals surface area contributed by atoms with Crippen LogP contribution in [0.1, 0.15) is 30.5 Å². The number of nitrogens with two attached hydrogens (primary N) is 1. The van der Waals surface area contributed by atoms with Crippen LogP contribution in [-0.2, 0) is 17.8 Å². The number of thiazole rings is 1. The van der Waals surface area contributed by atoms with Gasteiger partial charge in [-0.3, -0.25) is 4.79 Å². The van der Waals surface area contributed by atoms with Crippen molar-refractivity contribution in [1.82, 2.24) is 9.88 Å². The summed E-state index contributed by atoms with van der Waals surface area (Å²) in [5.74, 6) is 1.27. The Bertz CT molecular complexity index is 740. The third kappa shape index (κ3) is 7.08. The van der Waals surface area contributed by atoms with Gasteiger partial charge in [-0.1, -0.05) is 11.6 Å². The fourth-order valence-electron chi connectivity index (χ4n) is 3.10. The topological polar surface area (TPSA) is 68.5 Å². The van der Waals surface area contributed by atoms with E-state index in [1.165, 1.54) is 11.3 Å². The molecule has 2 unspecified atom stereocenters. The van der Waals surface area contributed by atoms with Crippen molar-refractivity contribution >= 4 is 53.7 Å². The number of amides is 1. The van der Waals surface area contributed by atoms with Crippen LogP contribution in [0.4, 0.5) is 0 Å². The average molecular weight is 467 g/mol. The first-order chi connectivity index (χ1) is 12.5. The van der Waals surface area contributed by atoms with Crippen molar-refractivity contribution in [2.75, 3.05) is 13.1 Å². The molecule has 0 radical (unpaired) electrons. The third-order valence-corrected chi connectivity index (χ3v) is 5.78. The first kappa shape index (κ1) is 25.0. The average Bonchev–Trinajstić information content (AvgIpc) is 3.08. The molecule has 1 aromatic heterocycles. The lowest BCUT2D eigenvalue weighted by molar-refractivity contribution is -0.132. The van der Waals surface area contributed by atoms with Crippen LogP contribution in [-0.4, -0.2) is 34.9 Å². The van der Waals surface area contributed by atoms with E-state index in [-0.39, 0.29) is 36.8 Å². The molecule has 1 fully saturated rings. The second-order valence-electron chi connectivity index (χ2n) is 6.75. The number of rotatable bonds is 6. The molecule has 0 aliphatic carbocycles. The Kier molecular flexibility index (Phi) is 10.6. The summed E-state index contributed by atoms with van der Waals surface area (Å²) in [7, 11) is 0. The van der Waals surface area contributed by atoms with Gasteiger partial charge >= 0.3 is 0 Å². The van der Waals surface area contributed by atoms with Gasteiger partial charge in [0.2, 0.25) is 5.91 Å². The molecule has 156 valence electrons. The maximum Gasteiger partial charge on any atom is 0.228 e.